The summed E-state index contributed by atoms with van der Waals surface area (Å²) >= 11 is 0. The molecule has 0 aliphatic rings. The summed E-state index contributed by atoms with van der Waals surface area (Å²) in [5.41, 5.74) is 17.0. The first-order valence-corrected chi connectivity index (χ1v) is 6.64. The quantitative estimate of drug-likeness (QED) is 0.746. The molecule has 0 bridgehead atoms. The number of hydrogen-bond donors (Lipinski definition) is 2. The molecule has 0 saturated carbocycles. The van der Waals surface area contributed by atoms with Gasteiger partial charge in [0.15, 0.2) is 0 Å². The Bertz CT molecular complexity index is 778. The third kappa shape index (κ3) is 2.12. The Balaban J connectivity index is 2.27. The summed E-state index contributed by atoms with van der Waals surface area (Å²) in [5.74, 6) is 0.588. The van der Waals surface area contributed by atoms with Crippen LogP contribution in [0, 0.1) is 6.92 Å². The van der Waals surface area contributed by atoms with Gasteiger partial charge in [0.1, 0.15) is 5.82 Å². The lowest BCUT2D eigenvalue weighted by Gasteiger charge is -2.10. The molecule has 3 heteroatoms. The van der Waals surface area contributed by atoms with Crippen molar-refractivity contribution >= 4 is 16.7 Å². The SMILES string of the molecule is Cc1cc2c(-c3cccc(CN)c3)cccc2nc1N. The number of aryl methyl sites for hydroxylation is 1. The second-order valence-electron chi connectivity index (χ2n) is 4.97. The molecule has 0 saturated heterocycles. The monoisotopic (exact) mass is 263 g/mol. The van der Waals surface area contributed by atoms with Crippen LogP contribution in [0.5, 0.6) is 0 Å². The molecule has 20 heavy (non-hydrogen) atoms. The van der Waals surface area contributed by atoms with E-state index in [2.05, 4.69) is 29.2 Å². The molecule has 0 fully saturated rings. The van der Waals surface area contributed by atoms with Gasteiger partial charge < -0.3 is 11.5 Å². The molecule has 3 aromatic rings. The second-order valence-corrected chi connectivity index (χ2v) is 4.97. The van der Waals surface area contributed by atoms with E-state index in [9.17, 15) is 0 Å². The molecular weight excluding hydrogens is 246 g/mol. The van der Waals surface area contributed by atoms with Crippen LogP contribution in [0.25, 0.3) is 22.0 Å². The topological polar surface area (TPSA) is 64.9 Å². The molecule has 3 rings (SSSR count). The average Bonchev–Trinajstić information content (AvgIpc) is 2.48. The third-order valence-electron chi connectivity index (χ3n) is 3.56. The maximum absolute atomic E-state index is 5.89. The Labute approximate surface area is 118 Å². The minimum Gasteiger partial charge on any atom is -0.383 e. The lowest BCUT2D eigenvalue weighted by Crippen LogP contribution is -1.97. The molecule has 0 amide bonds. The lowest BCUT2D eigenvalue weighted by molar-refractivity contribution is 1.07. The minimum absolute atomic E-state index is 0.544. The lowest BCUT2D eigenvalue weighted by atomic mass is 9.98. The highest BCUT2D eigenvalue weighted by Gasteiger charge is 2.07. The van der Waals surface area contributed by atoms with Crippen LogP contribution in [0.15, 0.2) is 48.5 Å². The Kier molecular flexibility index (Phi) is 3.12. The number of pyridine rings is 1. The van der Waals surface area contributed by atoms with Crippen LogP contribution in [0.4, 0.5) is 5.82 Å². The second kappa shape index (κ2) is 4.94. The number of benzene rings is 2. The van der Waals surface area contributed by atoms with Crippen molar-refractivity contribution in [2.75, 3.05) is 5.73 Å². The molecule has 0 spiro atoms. The number of rotatable bonds is 2. The van der Waals surface area contributed by atoms with E-state index in [-0.39, 0.29) is 0 Å². The van der Waals surface area contributed by atoms with E-state index in [1.807, 2.05) is 31.2 Å². The highest BCUT2D eigenvalue weighted by atomic mass is 14.8. The van der Waals surface area contributed by atoms with E-state index in [0.717, 1.165) is 33.2 Å². The van der Waals surface area contributed by atoms with Gasteiger partial charge in [0.25, 0.3) is 0 Å². The number of nitrogens with zero attached hydrogens (tertiary/aromatic N) is 1. The number of anilines is 1. The van der Waals surface area contributed by atoms with Crippen molar-refractivity contribution in [3.05, 3.63) is 59.7 Å². The van der Waals surface area contributed by atoms with Gasteiger partial charge in [-0.3, -0.25) is 0 Å². The largest absolute Gasteiger partial charge is 0.383 e. The molecule has 0 unspecified atom stereocenters. The smallest absolute Gasteiger partial charge is 0.127 e. The van der Waals surface area contributed by atoms with Crippen molar-refractivity contribution in [3.63, 3.8) is 0 Å². The Morgan fingerprint density at radius 2 is 1.85 bits per heavy atom. The number of hydrogen-bond acceptors (Lipinski definition) is 3. The highest BCUT2D eigenvalue weighted by molar-refractivity contribution is 5.95. The summed E-state index contributed by atoms with van der Waals surface area (Å²) < 4.78 is 0. The summed E-state index contributed by atoms with van der Waals surface area (Å²) in [6.45, 7) is 2.53. The van der Waals surface area contributed by atoms with E-state index < -0.39 is 0 Å². The van der Waals surface area contributed by atoms with Gasteiger partial charge in [-0.25, -0.2) is 4.98 Å². The molecule has 0 aliphatic carbocycles. The number of nitrogen functional groups attached to an aromatic ring is 1. The van der Waals surface area contributed by atoms with Gasteiger partial charge in [0, 0.05) is 11.9 Å². The molecule has 0 aliphatic heterocycles. The fourth-order valence-electron chi connectivity index (χ4n) is 2.43. The van der Waals surface area contributed by atoms with Crippen molar-refractivity contribution < 1.29 is 0 Å². The van der Waals surface area contributed by atoms with Crippen LogP contribution in [-0.4, -0.2) is 4.98 Å². The summed E-state index contributed by atoms with van der Waals surface area (Å²) in [6, 6.07) is 16.5. The Hall–Kier alpha value is -2.39. The first-order valence-electron chi connectivity index (χ1n) is 6.64. The molecule has 1 aromatic heterocycles. The standard InChI is InChI=1S/C17H17N3/c1-11-8-15-14(6-3-7-16(15)20-17(11)19)13-5-2-4-12(9-13)10-18/h2-9H,10,18H2,1H3,(H2,19,20). The van der Waals surface area contributed by atoms with Crippen LogP contribution in [0.1, 0.15) is 11.1 Å². The first kappa shape index (κ1) is 12.6. The Morgan fingerprint density at radius 3 is 2.65 bits per heavy atom. The van der Waals surface area contributed by atoms with E-state index >= 15 is 0 Å². The number of fused-ring (bicyclic) bond motifs is 1. The average molecular weight is 263 g/mol. The van der Waals surface area contributed by atoms with Crippen molar-refractivity contribution in [2.45, 2.75) is 13.5 Å². The van der Waals surface area contributed by atoms with Gasteiger partial charge in [0.2, 0.25) is 0 Å². The van der Waals surface area contributed by atoms with E-state index in [0.29, 0.717) is 12.4 Å². The molecule has 0 atom stereocenters. The molecule has 1 heterocycles. The molecule has 3 nitrogen and oxygen atoms in total. The van der Waals surface area contributed by atoms with Crippen LogP contribution in [-0.2, 0) is 6.54 Å². The minimum atomic E-state index is 0.544. The fraction of sp³-hybridized carbons (Fsp3) is 0.118. The summed E-state index contributed by atoms with van der Waals surface area (Å²) in [4.78, 5) is 4.46. The molecule has 4 N–H and O–H groups in total. The van der Waals surface area contributed by atoms with E-state index in [1.165, 1.54) is 0 Å². The summed E-state index contributed by atoms with van der Waals surface area (Å²) in [5, 5.41) is 1.12. The van der Waals surface area contributed by atoms with Crippen molar-refractivity contribution in [1.82, 2.24) is 4.98 Å². The fourth-order valence-corrected chi connectivity index (χ4v) is 2.43. The third-order valence-corrected chi connectivity index (χ3v) is 3.56. The van der Waals surface area contributed by atoms with Gasteiger partial charge in [0.05, 0.1) is 5.52 Å². The maximum atomic E-state index is 5.89. The van der Waals surface area contributed by atoms with Crippen LogP contribution < -0.4 is 11.5 Å². The van der Waals surface area contributed by atoms with Gasteiger partial charge in [-0.1, -0.05) is 30.3 Å². The van der Waals surface area contributed by atoms with Crippen molar-refractivity contribution in [1.29, 1.82) is 0 Å². The van der Waals surface area contributed by atoms with Crippen LogP contribution in [0.2, 0.25) is 0 Å². The first-order chi connectivity index (χ1) is 9.69. The molecule has 2 aromatic carbocycles. The maximum Gasteiger partial charge on any atom is 0.127 e. The summed E-state index contributed by atoms with van der Waals surface area (Å²) in [6.07, 6.45) is 0. The highest BCUT2D eigenvalue weighted by Crippen LogP contribution is 2.30. The zero-order chi connectivity index (χ0) is 14.1. The van der Waals surface area contributed by atoms with Gasteiger partial charge in [-0.15, -0.1) is 0 Å². The van der Waals surface area contributed by atoms with Crippen LogP contribution >= 0.6 is 0 Å². The van der Waals surface area contributed by atoms with Crippen LogP contribution in [0.3, 0.4) is 0 Å². The summed E-state index contributed by atoms with van der Waals surface area (Å²) in [7, 11) is 0. The molecule has 100 valence electrons. The number of nitrogens with two attached hydrogens (primary N) is 2. The van der Waals surface area contributed by atoms with E-state index in [4.69, 9.17) is 11.5 Å². The predicted molar refractivity (Wildman–Crippen MR) is 84.2 cm³/mol. The predicted octanol–water partition coefficient (Wildman–Crippen LogP) is 3.25. The zero-order valence-electron chi connectivity index (χ0n) is 11.4. The van der Waals surface area contributed by atoms with E-state index in [1.54, 1.807) is 0 Å². The molecule has 0 radical (unpaired) electrons. The molecular formula is C17H17N3. The zero-order valence-corrected chi connectivity index (χ0v) is 11.4. The van der Waals surface area contributed by atoms with Gasteiger partial charge in [-0.2, -0.15) is 0 Å². The Morgan fingerprint density at radius 1 is 1.05 bits per heavy atom. The normalized spacial score (nSPS) is 10.9. The van der Waals surface area contributed by atoms with Gasteiger partial charge >= 0.3 is 0 Å². The van der Waals surface area contributed by atoms with Crippen molar-refractivity contribution in [2.24, 2.45) is 5.73 Å². The van der Waals surface area contributed by atoms with Gasteiger partial charge in [-0.05, 0) is 47.4 Å². The number of aromatic nitrogens is 1. The van der Waals surface area contributed by atoms with Crippen molar-refractivity contribution in [3.8, 4) is 11.1 Å².